The topological polar surface area (TPSA) is 47.7 Å². The molecule has 0 aliphatic carbocycles. The summed E-state index contributed by atoms with van der Waals surface area (Å²) in [5.41, 5.74) is 3.52. The van der Waals surface area contributed by atoms with Crippen LogP contribution in [0.1, 0.15) is 36.8 Å². The van der Waals surface area contributed by atoms with Gasteiger partial charge in [-0.2, -0.15) is 10.2 Å². The lowest BCUT2D eigenvalue weighted by Crippen LogP contribution is -2.14. The van der Waals surface area contributed by atoms with Gasteiger partial charge in [0.05, 0.1) is 11.9 Å². The lowest BCUT2D eigenvalue weighted by Gasteiger charge is -2.05. The van der Waals surface area contributed by atoms with Crippen LogP contribution in [-0.2, 0) is 20.1 Å². The summed E-state index contributed by atoms with van der Waals surface area (Å²) in [5, 5.41) is 12.1. The Hall–Kier alpha value is -1.62. The van der Waals surface area contributed by atoms with Gasteiger partial charge in [0.2, 0.25) is 0 Å². The van der Waals surface area contributed by atoms with Gasteiger partial charge >= 0.3 is 0 Å². The Morgan fingerprint density at radius 3 is 2.67 bits per heavy atom. The van der Waals surface area contributed by atoms with Crippen molar-refractivity contribution >= 4 is 0 Å². The molecule has 1 N–H and O–H groups in total. The summed E-state index contributed by atoms with van der Waals surface area (Å²) in [6.07, 6.45) is 3.94. The number of aromatic nitrogens is 4. The first kappa shape index (κ1) is 12.8. The van der Waals surface area contributed by atoms with Gasteiger partial charge in [0.25, 0.3) is 0 Å². The van der Waals surface area contributed by atoms with Crippen LogP contribution in [-0.4, -0.2) is 19.6 Å². The average Bonchev–Trinajstić information content (AvgIpc) is 2.91. The van der Waals surface area contributed by atoms with E-state index in [4.69, 9.17) is 0 Å². The lowest BCUT2D eigenvalue weighted by atomic mass is 10.2. The summed E-state index contributed by atoms with van der Waals surface area (Å²) in [5.74, 6) is 0. The van der Waals surface area contributed by atoms with E-state index >= 15 is 0 Å². The van der Waals surface area contributed by atoms with Gasteiger partial charge in [-0.1, -0.05) is 0 Å². The molecule has 0 saturated carbocycles. The second-order valence-electron chi connectivity index (χ2n) is 4.86. The zero-order chi connectivity index (χ0) is 13.1. The van der Waals surface area contributed by atoms with Gasteiger partial charge in [-0.25, -0.2) is 0 Å². The maximum atomic E-state index is 4.50. The third-order valence-electron chi connectivity index (χ3n) is 3.15. The second-order valence-corrected chi connectivity index (χ2v) is 4.86. The molecule has 0 aliphatic heterocycles. The first-order valence-electron chi connectivity index (χ1n) is 6.30. The molecule has 0 bridgehead atoms. The van der Waals surface area contributed by atoms with Crippen LogP contribution in [0.5, 0.6) is 0 Å². The highest BCUT2D eigenvalue weighted by Gasteiger charge is 2.04. The van der Waals surface area contributed by atoms with Crippen LogP contribution in [0.2, 0.25) is 0 Å². The highest BCUT2D eigenvalue weighted by molar-refractivity contribution is 5.15. The Labute approximate surface area is 108 Å². The summed E-state index contributed by atoms with van der Waals surface area (Å²) >= 11 is 0. The molecule has 0 aliphatic rings. The number of rotatable bonds is 5. The summed E-state index contributed by atoms with van der Waals surface area (Å²) in [6.45, 7) is 7.95. The largest absolute Gasteiger partial charge is 0.307 e. The fraction of sp³-hybridized carbons (Fsp3) is 0.538. The summed E-state index contributed by atoms with van der Waals surface area (Å²) in [4.78, 5) is 0. The molecule has 0 saturated heterocycles. The molecule has 98 valence electrons. The molecule has 18 heavy (non-hydrogen) atoms. The third kappa shape index (κ3) is 2.79. The SMILES string of the molecule is Cc1c(CNCc2ccn(C(C)C)n2)cnn1C. The van der Waals surface area contributed by atoms with Gasteiger partial charge in [0.15, 0.2) is 0 Å². The van der Waals surface area contributed by atoms with Gasteiger partial charge < -0.3 is 5.32 Å². The van der Waals surface area contributed by atoms with Crippen LogP contribution in [0.3, 0.4) is 0 Å². The van der Waals surface area contributed by atoms with Gasteiger partial charge in [0, 0.05) is 43.6 Å². The highest BCUT2D eigenvalue weighted by atomic mass is 15.3. The molecule has 0 unspecified atom stereocenters. The fourth-order valence-electron chi connectivity index (χ4n) is 1.80. The van der Waals surface area contributed by atoms with Gasteiger partial charge in [0.1, 0.15) is 0 Å². The standard InChI is InChI=1S/C13H21N5/c1-10(2)18-6-5-13(16-18)9-14-7-12-8-15-17(4)11(12)3/h5-6,8,10,14H,7,9H2,1-4H3. The molecule has 2 rings (SSSR count). The quantitative estimate of drug-likeness (QED) is 0.876. The maximum absolute atomic E-state index is 4.50. The third-order valence-corrected chi connectivity index (χ3v) is 3.15. The van der Waals surface area contributed by atoms with Crippen molar-refractivity contribution in [1.82, 2.24) is 24.9 Å². The van der Waals surface area contributed by atoms with Crippen LogP contribution < -0.4 is 5.32 Å². The molecule has 0 amide bonds. The predicted octanol–water partition coefficient (Wildman–Crippen LogP) is 1.80. The molecule has 5 nitrogen and oxygen atoms in total. The molecule has 0 aromatic carbocycles. The van der Waals surface area contributed by atoms with Crippen molar-refractivity contribution in [2.75, 3.05) is 0 Å². The molecule has 5 heteroatoms. The highest BCUT2D eigenvalue weighted by Crippen LogP contribution is 2.06. The van der Waals surface area contributed by atoms with E-state index in [0.717, 1.165) is 18.8 Å². The Morgan fingerprint density at radius 1 is 1.33 bits per heavy atom. The minimum atomic E-state index is 0.416. The van der Waals surface area contributed by atoms with Crippen molar-refractivity contribution in [3.05, 3.63) is 35.4 Å². The summed E-state index contributed by atoms with van der Waals surface area (Å²) in [7, 11) is 1.96. The van der Waals surface area contributed by atoms with E-state index in [2.05, 4.69) is 42.4 Å². The number of hydrogen-bond acceptors (Lipinski definition) is 3. The molecule has 2 aromatic heterocycles. The van der Waals surface area contributed by atoms with Crippen LogP contribution in [0, 0.1) is 6.92 Å². The van der Waals surface area contributed by atoms with Gasteiger partial charge in [-0.05, 0) is 26.8 Å². The van der Waals surface area contributed by atoms with Crippen molar-refractivity contribution in [2.24, 2.45) is 7.05 Å². The maximum Gasteiger partial charge on any atom is 0.0762 e. The summed E-state index contributed by atoms with van der Waals surface area (Å²) < 4.78 is 3.87. The van der Waals surface area contributed by atoms with Crippen molar-refractivity contribution in [3.63, 3.8) is 0 Å². The van der Waals surface area contributed by atoms with E-state index in [0.29, 0.717) is 6.04 Å². The Kier molecular flexibility index (Phi) is 3.81. The minimum Gasteiger partial charge on any atom is -0.307 e. The van der Waals surface area contributed by atoms with E-state index in [1.54, 1.807) is 0 Å². The Morgan fingerprint density at radius 2 is 2.11 bits per heavy atom. The Balaban J connectivity index is 1.86. The second kappa shape index (κ2) is 5.35. The first-order chi connectivity index (χ1) is 8.58. The fourth-order valence-corrected chi connectivity index (χ4v) is 1.80. The monoisotopic (exact) mass is 247 g/mol. The van der Waals surface area contributed by atoms with E-state index in [1.807, 2.05) is 28.8 Å². The molecular weight excluding hydrogens is 226 g/mol. The number of hydrogen-bond donors (Lipinski definition) is 1. The minimum absolute atomic E-state index is 0.416. The smallest absolute Gasteiger partial charge is 0.0762 e. The zero-order valence-electron chi connectivity index (χ0n) is 11.5. The van der Waals surface area contributed by atoms with Crippen molar-refractivity contribution in [3.8, 4) is 0 Å². The molecule has 2 heterocycles. The number of aryl methyl sites for hydroxylation is 1. The van der Waals surface area contributed by atoms with E-state index in [9.17, 15) is 0 Å². The molecule has 2 aromatic rings. The van der Waals surface area contributed by atoms with Crippen molar-refractivity contribution < 1.29 is 0 Å². The van der Waals surface area contributed by atoms with E-state index < -0.39 is 0 Å². The lowest BCUT2D eigenvalue weighted by molar-refractivity contribution is 0.521. The molecular formula is C13H21N5. The molecule has 0 radical (unpaired) electrons. The average molecular weight is 247 g/mol. The first-order valence-corrected chi connectivity index (χ1v) is 6.30. The number of nitrogens with zero attached hydrogens (tertiary/aromatic N) is 4. The Bertz CT molecular complexity index is 509. The molecule has 0 atom stereocenters. The van der Waals surface area contributed by atoms with E-state index in [1.165, 1.54) is 11.3 Å². The zero-order valence-corrected chi connectivity index (χ0v) is 11.5. The molecule has 0 fully saturated rings. The van der Waals surface area contributed by atoms with Crippen molar-refractivity contribution in [2.45, 2.75) is 39.9 Å². The van der Waals surface area contributed by atoms with Gasteiger partial charge in [-0.3, -0.25) is 9.36 Å². The predicted molar refractivity (Wildman–Crippen MR) is 71.1 cm³/mol. The normalized spacial score (nSPS) is 11.4. The van der Waals surface area contributed by atoms with Crippen LogP contribution in [0.4, 0.5) is 0 Å². The van der Waals surface area contributed by atoms with Crippen LogP contribution >= 0.6 is 0 Å². The number of nitrogens with one attached hydrogen (secondary N) is 1. The van der Waals surface area contributed by atoms with Gasteiger partial charge in [-0.15, -0.1) is 0 Å². The summed E-state index contributed by atoms with van der Waals surface area (Å²) in [6, 6.07) is 2.47. The van der Waals surface area contributed by atoms with Crippen LogP contribution in [0.25, 0.3) is 0 Å². The van der Waals surface area contributed by atoms with Crippen LogP contribution in [0.15, 0.2) is 18.5 Å². The van der Waals surface area contributed by atoms with Crippen molar-refractivity contribution in [1.29, 1.82) is 0 Å². The van der Waals surface area contributed by atoms with E-state index in [-0.39, 0.29) is 0 Å². The molecule has 0 spiro atoms.